The van der Waals surface area contributed by atoms with Crippen molar-refractivity contribution < 1.29 is 18.7 Å². The van der Waals surface area contributed by atoms with E-state index in [-0.39, 0.29) is 29.9 Å². The fraction of sp³-hybridized carbons (Fsp3) is 0.375. The lowest BCUT2D eigenvalue weighted by molar-refractivity contribution is -0.140. The molecular formula is C24H27FN4O3. The Kier molecular flexibility index (Phi) is 5.86. The number of ether oxygens (including phenoxy) is 1. The quantitative estimate of drug-likeness (QED) is 0.720. The molecule has 4 rings (SSSR count). The molecule has 7 nitrogen and oxygen atoms in total. The Hall–Kier alpha value is -3.42. The van der Waals surface area contributed by atoms with Crippen LogP contribution in [0.5, 0.6) is 5.75 Å². The van der Waals surface area contributed by atoms with Gasteiger partial charge in [0.25, 0.3) is 5.91 Å². The largest absolute Gasteiger partial charge is 0.497 e. The lowest BCUT2D eigenvalue weighted by Crippen LogP contribution is -2.54. The molecule has 168 valence electrons. The van der Waals surface area contributed by atoms with E-state index in [1.165, 1.54) is 29.2 Å². The molecule has 1 fully saturated rings. The van der Waals surface area contributed by atoms with E-state index < -0.39 is 5.66 Å². The summed E-state index contributed by atoms with van der Waals surface area (Å²) in [6, 6.07) is 13.5. The number of rotatable bonds is 5. The van der Waals surface area contributed by atoms with Gasteiger partial charge in [0, 0.05) is 37.4 Å². The highest BCUT2D eigenvalue weighted by Crippen LogP contribution is 2.27. The Balaban J connectivity index is 1.37. The SMILES string of the molecule is COc1ccc(N2CCN(C(=O)CN3C(=O)C(c4ccc(F)cc4)=NC3(C)C)CC2)cc1. The van der Waals surface area contributed by atoms with Gasteiger partial charge in [0.2, 0.25) is 5.91 Å². The minimum atomic E-state index is -0.846. The molecule has 2 aromatic carbocycles. The van der Waals surface area contributed by atoms with Gasteiger partial charge in [-0.25, -0.2) is 4.39 Å². The number of amides is 2. The lowest BCUT2D eigenvalue weighted by atomic mass is 10.1. The summed E-state index contributed by atoms with van der Waals surface area (Å²) in [5, 5.41) is 0. The maximum Gasteiger partial charge on any atom is 0.275 e. The van der Waals surface area contributed by atoms with Crippen LogP contribution in [0.15, 0.2) is 53.5 Å². The van der Waals surface area contributed by atoms with E-state index in [1.54, 1.807) is 25.9 Å². The molecule has 2 aliphatic rings. The van der Waals surface area contributed by atoms with Gasteiger partial charge in [-0.15, -0.1) is 0 Å². The molecule has 0 N–H and O–H groups in total. The summed E-state index contributed by atoms with van der Waals surface area (Å²) in [5.41, 5.74) is 1.05. The van der Waals surface area contributed by atoms with E-state index in [1.807, 2.05) is 24.3 Å². The molecule has 8 heteroatoms. The van der Waals surface area contributed by atoms with Crippen LogP contribution in [-0.2, 0) is 9.59 Å². The molecule has 2 aromatic rings. The standard InChI is InChI=1S/C24H27FN4O3/c1-24(2)26-22(17-4-6-18(25)7-5-17)23(31)29(24)16-21(30)28-14-12-27(13-15-28)19-8-10-20(32-3)11-9-19/h4-11H,12-16H2,1-3H3. The molecule has 1 saturated heterocycles. The number of aliphatic imine (C=N–C) groups is 1. The summed E-state index contributed by atoms with van der Waals surface area (Å²) < 4.78 is 18.5. The van der Waals surface area contributed by atoms with Gasteiger partial charge in [-0.2, -0.15) is 0 Å². The first-order valence-electron chi connectivity index (χ1n) is 10.6. The molecule has 0 saturated carbocycles. The van der Waals surface area contributed by atoms with E-state index in [4.69, 9.17) is 4.74 Å². The average molecular weight is 439 g/mol. The van der Waals surface area contributed by atoms with Gasteiger partial charge in [0.05, 0.1) is 7.11 Å². The first kappa shape index (κ1) is 21.8. The van der Waals surface area contributed by atoms with Crippen molar-refractivity contribution in [3.05, 3.63) is 59.9 Å². The third kappa shape index (κ3) is 4.30. The summed E-state index contributed by atoms with van der Waals surface area (Å²) >= 11 is 0. The van der Waals surface area contributed by atoms with E-state index in [0.717, 1.165) is 11.4 Å². The molecule has 0 radical (unpaired) electrons. The maximum absolute atomic E-state index is 13.3. The molecule has 2 amide bonds. The molecule has 0 bridgehead atoms. The van der Waals surface area contributed by atoms with Gasteiger partial charge in [0.15, 0.2) is 0 Å². The van der Waals surface area contributed by atoms with Crippen LogP contribution in [0.4, 0.5) is 10.1 Å². The van der Waals surface area contributed by atoms with Crippen molar-refractivity contribution in [3.63, 3.8) is 0 Å². The monoisotopic (exact) mass is 438 g/mol. The predicted molar refractivity (Wildman–Crippen MR) is 121 cm³/mol. The molecule has 0 atom stereocenters. The second kappa shape index (κ2) is 8.61. The minimum Gasteiger partial charge on any atom is -0.497 e. The average Bonchev–Trinajstić information content (AvgIpc) is 3.03. The normalized spacial score (nSPS) is 18.1. The van der Waals surface area contributed by atoms with Crippen LogP contribution < -0.4 is 9.64 Å². The predicted octanol–water partition coefficient (Wildman–Crippen LogP) is 2.55. The topological polar surface area (TPSA) is 65.5 Å². The number of halogens is 1. The van der Waals surface area contributed by atoms with Crippen LogP contribution >= 0.6 is 0 Å². The van der Waals surface area contributed by atoms with E-state index in [2.05, 4.69) is 9.89 Å². The van der Waals surface area contributed by atoms with Crippen molar-refractivity contribution >= 4 is 23.2 Å². The molecule has 0 aliphatic carbocycles. The van der Waals surface area contributed by atoms with Crippen LogP contribution in [0.1, 0.15) is 19.4 Å². The van der Waals surface area contributed by atoms with Crippen LogP contribution in [0.3, 0.4) is 0 Å². The zero-order chi connectivity index (χ0) is 22.9. The van der Waals surface area contributed by atoms with Crippen LogP contribution in [0, 0.1) is 5.82 Å². The Morgan fingerprint density at radius 3 is 2.25 bits per heavy atom. The van der Waals surface area contributed by atoms with Crippen molar-refractivity contribution in [2.45, 2.75) is 19.5 Å². The fourth-order valence-corrected chi connectivity index (χ4v) is 4.06. The first-order valence-corrected chi connectivity index (χ1v) is 10.6. The first-order chi connectivity index (χ1) is 15.3. The number of nitrogens with zero attached hydrogens (tertiary/aromatic N) is 4. The van der Waals surface area contributed by atoms with Crippen molar-refractivity contribution in [1.29, 1.82) is 0 Å². The zero-order valence-electron chi connectivity index (χ0n) is 18.5. The Bertz CT molecular complexity index is 1030. The lowest BCUT2D eigenvalue weighted by Gasteiger charge is -2.38. The van der Waals surface area contributed by atoms with Crippen LogP contribution in [0.2, 0.25) is 0 Å². The highest BCUT2D eigenvalue weighted by Gasteiger charge is 2.42. The number of piperazine rings is 1. The summed E-state index contributed by atoms with van der Waals surface area (Å²) in [4.78, 5) is 36.1. The second-order valence-corrected chi connectivity index (χ2v) is 8.42. The number of hydrogen-bond acceptors (Lipinski definition) is 5. The number of carbonyl (C=O) groups is 2. The number of anilines is 1. The third-order valence-electron chi connectivity index (χ3n) is 5.97. The second-order valence-electron chi connectivity index (χ2n) is 8.42. The summed E-state index contributed by atoms with van der Waals surface area (Å²) in [6.07, 6.45) is 0. The van der Waals surface area contributed by atoms with Gasteiger partial charge < -0.3 is 19.4 Å². The molecular weight excluding hydrogens is 411 g/mol. The fourth-order valence-electron chi connectivity index (χ4n) is 4.06. The summed E-state index contributed by atoms with van der Waals surface area (Å²) in [6.45, 7) is 6.16. The van der Waals surface area contributed by atoms with E-state index in [0.29, 0.717) is 31.7 Å². The number of hydrogen-bond donors (Lipinski definition) is 0. The van der Waals surface area contributed by atoms with Crippen LogP contribution in [0.25, 0.3) is 0 Å². The van der Waals surface area contributed by atoms with Gasteiger partial charge >= 0.3 is 0 Å². The van der Waals surface area contributed by atoms with Gasteiger partial charge in [0.1, 0.15) is 29.5 Å². The third-order valence-corrected chi connectivity index (χ3v) is 5.97. The van der Waals surface area contributed by atoms with Crippen LogP contribution in [-0.4, -0.2) is 72.8 Å². The van der Waals surface area contributed by atoms with Gasteiger partial charge in [-0.1, -0.05) is 0 Å². The summed E-state index contributed by atoms with van der Waals surface area (Å²) in [5.74, 6) is 0.0192. The van der Waals surface area contributed by atoms with Crippen molar-refractivity contribution in [2.24, 2.45) is 4.99 Å². The molecule has 0 unspecified atom stereocenters. The molecule has 2 heterocycles. The summed E-state index contributed by atoms with van der Waals surface area (Å²) in [7, 11) is 1.64. The Morgan fingerprint density at radius 1 is 1.03 bits per heavy atom. The molecule has 2 aliphatic heterocycles. The molecule has 0 spiro atoms. The number of benzene rings is 2. The number of carbonyl (C=O) groups excluding carboxylic acids is 2. The maximum atomic E-state index is 13.3. The van der Waals surface area contributed by atoms with Gasteiger partial charge in [-0.05, 0) is 62.4 Å². The Labute approximate surface area is 187 Å². The number of methoxy groups -OCH3 is 1. The van der Waals surface area contributed by atoms with Crippen molar-refractivity contribution in [1.82, 2.24) is 9.80 Å². The highest BCUT2D eigenvalue weighted by molar-refractivity contribution is 6.46. The highest BCUT2D eigenvalue weighted by atomic mass is 19.1. The molecule has 32 heavy (non-hydrogen) atoms. The van der Waals surface area contributed by atoms with Crippen molar-refractivity contribution in [3.8, 4) is 5.75 Å². The minimum absolute atomic E-state index is 0.0391. The zero-order valence-corrected chi connectivity index (χ0v) is 18.5. The van der Waals surface area contributed by atoms with Gasteiger partial charge in [-0.3, -0.25) is 14.6 Å². The van der Waals surface area contributed by atoms with E-state index >= 15 is 0 Å². The van der Waals surface area contributed by atoms with Crippen molar-refractivity contribution in [2.75, 3.05) is 44.7 Å². The smallest absolute Gasteiger partial charge is 0.275 e. The molecule has 0 aromatic heterocycles. The Morgan fingerprint density at radius 2 is 1.66 bits per heavy atom. The van der Waals surface area contributed by atoms with E-state index in [9.17, 15) is 14.0 Å².